The number of amides is 1. The van der Waals surface area contributed by atoms with Gasteiger partial charge in [-0.2, -0.15) is 0 Å². The molecule has 6 rings (SSSR count). The van der Waals surface area contributed by atoms with E-state index in [1.165, 1.54) is 28.2 Å². The van der Waals surface area contributed by atoms with Crippen LogP contribution in [0.2, 0.25) is 0 Å². The van der Waals surface area contributed by atoms with E-state index in [0.29, 0.717) is 12.1 Å². The second kappa shape index (κ2) is 14.3. The summed E-state index contributed by atoms with van der Waals surface area (Å²) >= 11 is 1.86. The average molecular weight is 605 g/mol. The molecule has 0 bridgehead atoms. The third kappa shape index (κ3) is 7.86. The summed E-state index contributed by atoms with van der Waals surface area (Å²) in [7, 11) is 0. The zero-order valence-corrected chi connectivity index (χ0v) is 25.1. The molecule has 7 heteroatoms. The maximum absolute atomic E-state index is 13.2. The number of carbonyl (C=O) groups is 1. The predicted molar refractivity (Wildman–Crippen MR) is 173 cm³/mol. The number of hydrogen-bond donors (Lipinski definition) is 1. The molecule has 1 aliphatic heterocycles. The maximum atomic E-state index is 13.2. The summed E-state index contributed by atoms with van der Waals surface area (Å²) in [5.74, 6) is 2.17. The molecule has 0 fully saturated rings. The molecule has 5 nitrogen and oxygen atoms in total. The lowest BCUT2D eigenvalue weighted by Gasteiger charge is -2.23. The third-order valence-electron chi connectivity index (χ3n) is 7.47. The summed E-state index contributed by atoms with van der Waals surface area (Å²) in [6.07, 6.45) is 0. The number of halogens is 1. The first kappa shape index (κ1) is 29.5. The minimum Gasteiger partial charge on any atom is -0.454 e. The first-order chi connectivity index (χ1) is 21.6. The highest BCUT2D eigenvalue weighted by Crippen LogP contribution is 2.33. The minimum atomic E-state index is -0.269. The van der Waals surface area contributed by atoms with Gasteiger partial charge in [-0.1, -0.05) is 72.8 Å². The monoisotopic (exact) mass is 604 g/mol. The summed E-state index contributed by atoms with van der Waals surface area (Å²) in [6.45, 7) is 3.23. The Kier molecular flexibility index (Phi) is 9.55. The zero-order valence-electron chi connectivity index (χ0n) is 24.2. The van der Waals surface area contributed by atoms with Crippen molar-refractivity contribution in [2.24, 2.45) is 0 Å². The largest absolute Gasteiger partial charge is 0.454 e. The van der Waals surface area contributed by atoms with Crippen LogP contribution in [0.1, 0.15) is 27.0 Å². The van der Waals surface area contributed by atoms with Gasteiger partial charge in [0.05, 0.1) is 0 Å². The van der Waals surface area contributed by atoms with E-state index in [4.69, 9.17) is 9.47 Å². The lowest BCUT2D eigenvalue weighted by atomic mass is 10.0. The van der Waals surface area contributed by atoms with Gasteiger partial charge in [-0.3, -0.25) is 9.69 Å². The molecule has 222 valence electrons. The fraction of sp³-hybridized carbons (Fsp3) is 0.162. The summed E-state index contributed by atoms with van der Waals surface area (Å²) in [6, 6.07) is 38.7. The molecule has 0 saturated heterocycles. The van der Waals surface area contributed by atoms with Gasteiger partial charge in [-0.25, -0.2) is 4.39 Å². The van der Waals surface area contributed by atoms with Gasteiger partial charge in [-0.15, -0.1) is 11.8 Å². The first-order valence-electron chi connectivity index (χ1n) is 14.6. The maximum Gasteiger partial charge on any atom is 0.251 e. The number of rotatable bonds is 12. The van der Waals surface area contributed by atoms with Gasteiger partial charge in [0, 0.05) is 42.4 Å². The molecule has 1 aliphatic rings. The van der Waals surface area contributed by atoms with Gasteiger partial charge in [-0.05, 0) is 76.3 Å². The topological polar surface area (TPSA) is 50.8 Å². The van der Waals surface area contributed by atoms with E-state index in [-0.39, 0.29) is 18.5 Å². The van der Waals surface area contributed by atoms with Gasteiger partial charge in [0.25, 0.3) is 5.91 Å². The van der Waals surface area contributed by atoms with E-state index in [0.717, 1.165) is 53.6 Å². The Bertz CT molecular complexity index is 1680. The Morgan fingerprint density at radius 3 is 2.11 bits per heavy atom. The van der Waals surface area contributed by atoms with E-state index in [1.54, 1.807) is 24.3 Å². The van der Waals surface area contributed by atoms with Gasteiger partial charge in [0.15, 0.2) is 11.5 Å². The summed E-state index contributed by atoms with van der Waals surface area (Å²) in [4.78, 5) is 16.5. The van der Waals surface area contributed by atoms with Crippen molar-refractivity contribution in [2.45, 2.75) is 24.5 Å². The molecule has 0 unspecified atom stereocenters. The molecule has 0 aromatic heterocycles. The fourth-order valence-corrected chi connectivity index (χ4v) is 6.02. The van der Waals surface area contributed by atoms with Gasteiger partial charge < -0.3 is 14.8 Å². The van der Waals surface area contributed by atoms with Crippen molar-refractivity contribution >= 4 is 17.7 Å². The second-order valence-corrected chi connectivity index (χ2v) is 11.8. The van der Waals surface area contributed by atoms with Gasteiger partial charge in [0.1, 0.15) is 5.82 Å². The molecule has 0 spiro atoms. The van der Waals surface area contributed by atoms with E-state index >= 15 is 0 Å². The molecule has 0 aliphatic carbocycles. The van der Waals surface area contributed by atoms with Crippen LogP contribution in [-0.4, -0.2) is 29.9 Å². The van der Waals surface area contributed by atoms with Crippen LogP contribution in [-0.2, 0) is 19.6 Å². The smallest absolute Gasteiger partial charge is 0.251 e. The number of ether oxygens (including phenoxy) is 2. The van der Waals surface area contributed by atoms with Crippen LogP contribution >= 0.6 is 11.8 Å². The third-order valence-corrected chi connectivity index (χ3v) is 8.46. The Labute approximate surface area is 261 Å². The molecular weight excluding hydrogens is 571 g/mol. The van der Waals surface area contributed by atoms with Crippen molar-refractivity contribution in [2.75, 3.05) is 19.1 Å². The van der Waals surface area contributed by atoms with E-state index in [1.807, 2.05) is 36.0 Å². The zero-order chi connectivity index (χ0) is 30.1. The normalized spacial score (nSPS) is 12.0. The predicted octanol–water partition coefficient (Wildman–Crippen LogP) is 7.95. The van der Waals surface area contributed by atoms with Crippen LogP contribution in [0.4, 0.5) is 4.39 Å². The Balaban J connectivity index is 1.05. The number of fused-ring (bicyclic) bond motifs is 1. The van der Waals surface area contributed by atoms with Crippen LogP contribution in [0, 0.1) is 5.82 Å². The Hall–Kier alpha value is -4.59. The average Bonchev–Trinajstić information content (AvgIpc) is 3.53. The number of nitrogens with one attached hydrogen (secondary N) is 1. The lowest BCUT2D eigenvalue weighted by molar-refractivity contribution is 0.0951. The fourth-order valence-electron chi connectivity index (χ4n) is 5.08. The molecule has 1 heterocycles. The number of thioether (sulfide) groups is 1. The number of benzene rings is 5. The first-order valence-corrected chi connectivity index (χ1v) is 15.6. The summed E-state index contributed by atoms with van der Waals surface area (Å²) < 4.78 is 24.3. The number of hydrogen-bond acceptors (Lipinski definition) is 5. The van der Waals surface area contributed by atoms with Crippen molar-refractivity contribution in [3.63, 3.8) is 0 Å². The standard InChI is InChI=1S/C37H33FN2O3S/c38-33-17-15-31(16-18-33)30-11-13-32(14-12-30)37(41)39-23-27-6-8-28(9-7-27)24-40(20-21-44-34-4-2-1-3-5-34)25-29-10-19-35-36(22-29)43-26-42-35/h1-19,22H,20-21,23-26H2,(H,39,41). The van der Waals surface area contributed by atoms with Crippen molar-refractivity contribution < 1.29 is 18.7 Å². The minimum absolute atomic E-state index is 0.134. The lowest BCUT2D eigenvalue weighted by Crippen LogP contribution is -2.25. The molecule has 5 aromatic carbocycles. The molecule has 5 aromatic rings. The Morgan fingerprint density at radius 2 is 1.36 bits per heavy atom. The van der Waals surface area contributed by atoms with E-state index in [9.17, 15) is 9.18 Å². The summed E-state index contributed by atoms with van der Waals surface area (Å²) in [5.41, 5.74) is 5.85. The molecule has 1 N–H and O–H groups in total. The van der Waals surface area contributed by atoms with Crippen LogP contribution in [0.5, 0.6) is 11.5 Å². The van der Waals surface area contributed by atoms with Crippen LogP contribution in [0.3, 0.4) is 0 Å². The van der Waals surface area contributed by atoms with Crippen molar-refractivity contribution in [3.8, 4) is 22.6 Å². The summed E-state index contributed by atoms with van der Waals surface area (Å²) in [5, 5.41) is 3.01. The SMILES string of the molecule is O=C(NCc1ccc(CN(CCSc2ccccc2)Cc2ccc3c(c2)OCO3)cc1)c1ccc(-c2ccc(F)cc2)cc1. The van der Waals surface area contributed by atoms with Crippen molar-refractivity contribution in [3.05, 3.63) is 149 Å². The van der Waals surface area contributed by atoms with Gasteiger partial charge >= 0.3 is 0 Å². The van der Waals surface area contributed by atoms with Crippen molar-refractivity contribution in [1.29, 1.82) is 0 Å². The second-order valence-electron chi connectivity index (χ2n) is 10.6. The van der Waals surface area contributed by atoms with Crippen LogP contribution < -0.4 is 14.8 Å². The van der Waals surface area contributed by atoms with Gasteiger partial charge in [0.2, 0.25) is 6.79 Å². The quantitative estimate of drug-likeness (QED) is 0.147. The molecule has 0 radical (unpaired) electrons. The number of nitrogens with zero attached hydrogens (tertiary/aromatic N) is 1. The van der Waals surface area contributed by atoms with Crippen molar-refractivity contribution in [1.82, 2.24) is 10.2 Å². The van der Waals surface area contributed by atoms with E-state index in [2.05, 4.69) is 70.9 Å². The number of carbonyl (C=O) groups excluding carboxylic acids is 1. The highest BCUT2D eigenvalue weighted by Gasteiger charge is 2.15. The van der Waals surface area contributed by atoms with E-state index < -0.39 is 0 Å². The highest BCUT2D eigenvalue weighted by atomic mass is 32.2. The molecule has 44 heavy (non-hydrogen) atoms. The molecule has 0 saturated carbocycles. The van der Waals surface area contributed by atoms with Crippen LogP contribution in [0.25, 0.3) is 11.1 Å². The van der Waals surface area contributed by atoms with Crippen LogP contribution in [0.15, 0.2) is 126 Å². The molecular formula is C37H33FN2O3S. The highest BCUT2D eigenvalue weighted by molar-refractivity contribution is 7.99. The molecule has 0 atom stereocenters. The Morgan fingerprint density at radius 1 is 0.727 bits per heavy atom. The molecule has 1 amide bonds.